The van der Waals surface area contributed by atoms with E-state index in [4.69, 9.17) is 26.6 Å². The van der Waals surface area contributed by atoms with Crippen molar-refractivity contribution in [3.05, 3.63) is 23.1 Å². The standard InChI is InChI=1S/C7H11ClN2O2/c1-11-4-6(10-9)5-2-3-12-7(5)8/h2-3,6,10H,4,9H2,1H3. The van der Waals surface area contributed by atoms with Gasteiger partial charge in [-0.2, -0.15) is 0 Å². The van der Waals surface area contributed by atoms with Crippen molar-refractivity contribution in [2.45, 2.75) is 6.04 Å². The average molecular weight is 191 g/mol. The number of hydrogen-bond donors (Lipinski definition) is 2. The third kappa shape index (κ3) is 1.98. The molecule has 5 heteroatoms. The maximum Gasteiger partial charge on any atom is 0.197 e. The fourth-order valence-corrected chi connectivity index (χ4v) is 1.19. The minimum Gasteiger partial charge on any atom is -0.453 e. The lowest BCUT2D eigenvalue weighted by atomic mass is 10.2. The lowest BCUT2D eigenvalue weighted by Crippen LogP contribution is -2.30. The van der Waals surface area contributed by atoms with Gasteiger partial charge in [0.05, 0.1) is 18.9 Å². The molecule has 1 aromatic rings. The van der Waals surface area contributed by atoms with Crippen LogP contribution in [0, 0.1) is 0 Å². The van der Waals surface area contributed by atoms with Gasteiger partial charge in [0.2, 0.25) is 0 Å². The molecule has 0 aliphatic rings. The predicted molar refractivity (Wildman–Crippen MR) is 45.7 cm³/mol. The molecule has 1 unspecified atom stereocenters. The summed E-state index contributed by atoms with van der Waals surface area (Å²) in [7, 11) is 1.60. The van der Waals surface area contributed by atoms with Crippen LogP contribution >= 0.6 is 11.6 Å². The second kappa shape index (κ2) is 4.47. The van der Waals surface area contributed by atoms with E-state index >= 15 is 0 Å². The summed E-state index contributed by atoms with van der Waals surface area (Å²) in [6.45, 7) is 0.454. The van der Waals surface area contributed by atoms with Crippen LogP contribution in [0.3, 0.4) is 0 Å². The summed E-state index contributed by atoms with van der Waals surface area (Å²) < 4.78 is 9.84. The van der Waals surface area contributed by atoms with E-state index in [-0.39, 0.29) is 6.04 Å². The number of nitrogens with one attached hydrogen (secondary N) is 1. The van der Waals surface area contributed by atoms with Crippen LogP contribution in [-0.2, 0) is 4.74 Å². The smallest absolute Gasteiger partial charge is 0.197 e. The first-order chi connectivity index (χ1) is 5.79. The van der Waals surface area contributed by atoms with Crippen LogP contribution in [-0.4, -0.2) is 13.7 Å². The molecule has 0 bridgehead atoms. The third-order valence-electron chi connectivity index (χ3n) is 1.56. The van der Waals surface area contributed by atoms with E-state index in [1.807, 2.05) is 0 Å². The van der Waals surface area contributed by atoms with Gasteiger partial charge in [0, 0.05) is 12.7 Å². The van der Waals surface area contributed by atoms with Crippen LogP contribution < -0.4 is 11.3 Å². The lowest BCUT2D eigenvalue weighted by Gasteiger charge is -2.12. The maximum atomic E-state index is 5.73. The van der Waals surface area contributed by atoms with Gasteiger partial charge in [-0.05, 0) is 17.7 Å². The van der Waals surface area contributed by atoms with Gasteiger partial charge in [0.25, 0.3) is 0 Å². The largest absolute Gasteiger partial charge is 0.453 e. The highest BCUT2D eigenvalue weighted by Crippen LogP contribution is 2.23. The molecule has 0 spiro atoms. The van der Waals surface area contributed by atoms with Gasteiger partial charge in [0.15, 0.2) is 5.22 Å². The molecular weight excluding hydrogens is 180 g/mol. The molecule has 1 heterocycles. The number of hydrogen-bond acceptors (Lipinski definition) is 4. The molecule has 0 aliphatic carbocycles. The van der Waals surface area contributed by atoms with Crippen molar-refractivity contribution in [1.82, 2.24) is 5.43 Å². The predicted octanol–water partition coefficient (Wildman–Crippen LogP) is 1.08. The normalized spacial score (nSPS) is 13.2. The van der Waals surface area contributed by atoms with Crippen LogP contribution in [0.1, 0.15) is 11.6 Å². The van der Waals surface area contributed by atoms with Gasteiger partial charge in [-0.1, -0.05) is 0 Å². The summed E-state index contributed by atoms with van der Waals surface area (Å²) >= 11 is 5.73. The Kier molecular flexibility index (Phi) is 3.55. The molecule has 12 heavy (non-hydrogen) atoms. The van der Waals surface area contributed by atoms with Crippen LogP contribution in [0.25, 0.3) is 0 Å². The first-order valence-electron chi connectivity index (χ1n) is 3.47. The maximum absolute atomic E-state index is 5.73. The van der Waals surface area contributed by atoms with Crippen LogP contribution in [0.15, 0.2) is 16.7 Å². The number of halogens is 1. The molecule has 1 aromatic heterocycles. The molecule has 0 fully saturated rings. The first-order valence-corrected chi connectivity index (χ1v) is 3.85. The number of ether oxygens (including phenoxy) is 1. The summed E-state index contributed by atoms with van der Waals surface area (Å²) in [6.07, 6.45) is 1.51. The van der Waals surface area contributed by atoms with Gasteiger partial charge in [-0.25, -0.2) is 0 Å². The number of methoxy groups -OCH3 is 1. The monoisotopic (exact) mass is 190 g/mol. The highest BCUT2D eigenvalue weighted by Gasteiger charge is 2.14. The Labute approximate surface area is 75.6 Å². The van der Waals surface area contributed by atoms with E-state index < -0.39 is 0 Å². The zero-order valence-electron chi connectivity index (χ0n) is 6.71. The summed E-state index contributed by atoms with van der Waals surface area (Å²) in [5.41, 5.74) is 3.38. The minimum atomic E-state index is -0.124. The van der Waals surface area contributed by atoms with Gasteiger partial charge < -0.3 is 9.15 Å². The second-order valence-electron chi connectivity index (χ2n) is 2.32. The molecular formula is C7H11ClN2O2. The zero-order chi connectivity index (χ0) is 8.97. The Morgan fingerprint density at radius 2 is 2.58 bits per heavy atom. The van der Waals surface area contributed by atoms with Crippen LogP contribution in [0.2, 0.25) is 5.22 Å². The quantitative estimate of drug-likeness (QED) is 0.551. The topological polar surface area (TPSA) is 60.4 Å². The Hall–Kier alpha value is -0.550. The fraction of sp³-hybridized carbons (Fsp3) is 0.429. The van der Waals surface area contributed by atoms with Gasteiger partial charge in [-0.3, -0.25) is 11.3 Å². The van der Waals surface area contributed by atoms with E-state index in [2.05, 4.69) is 5.43 Å². The molecule has 0 saturated heterocycles. The van der Waals surface area contributed by atoms with E-state index in [9.17, 15) is 0 Å². The third-order valence-corrected chi connectivity index (χ3v) is 1.86. The SMILES string of the molecule is COCC(NN)c1ccoc1Cl. The summed E-state index contributed by atoms with van der Waals surface area (Å²) in [4.78, 5) is 0. The summed E-state index contributed by atoms with van der Waals surface area (Å²) in [6, 6.07) is 1.63. The van der Waals surface area contributed by atoms with Crippen molar-refractivity contribution < 1.29 is 9.15 Å². The Morgan fingerprint density at radius 1 is 1.83 bits per heavy atom. The van der Waals surface area contributed by atoms with Crippen LogP contribution in [0.4, 0.5) is 0 Å². The summed E-state index contributed by atoms with van der Waals surface area (Å²) in [5.74, 6) is 5.29. The summed E-state index contributed by atoms with van der Waals surface area (Å²) in [5, 5.41) is 0.343. The van der Waals surface area contributed by atoms with Crippen molar-refractivity contribution >= 4 is 11.6 Å². The van der Waals surface area contributed by atoms with Gasteiger partial charge in [0.1, 0.15) is 0 Å². The Morgan fingerprint density at radius 3 is 3.00 bits per heavy atom. The van der Waals surface area contributed by atoms with Crippen molar-refractivity contribution in [2.75, 3.05) is 13.7 Å². The number of hydrazine groups is 1. The molecule has 0 aromatic carbocycles. The van der Waals surface area contributed by atoms with Crippen molar-refractivity contribution in [1.29, 1.82) is 0 Å². The van der Waals surface area contributed by atoms with Crippen LogP contribution in [0.5, 0.6) is 0 Å². The molecule has 0 amide bonds. The fourth-order valence-electron chi connectivity index (χ4n) is 0.948. The van der Waals surface area contributed by atoms with Gasteiger partial charge in [-0.15, -0.1) is 0 Å². The Bertz CT molecular complexity index is 239. The molecule has 0 aliphatic heterocycles. The molecule has 1 atom stereocenters. The Balaban J connectivity index is 2.72. The van der Waals surface area contributed by atoms with E-state index in [1.165, 1.54) is 6.26 Å². The lowest BCUT2D eigenvalue weighted by molar-refractivity contribution is 0.167. The first kappa shape index (κ1) is 9.54. The number of furan rings is 1. The molecule has 1 rings (SSSR count). The molecule has 68 valence electrons. The molecule has 3 N–H and O–H groups in total. The zero-order valence-corrected chi connectivity index (χ0v) is 7.47. The van der Waals surface area contributed by atoms with Crippen molar-refractivity contribution in [2.24, 2.45) is 5.84 Å². The van der Waals surface area contributed by atoms with Crippen molar-refractivity contribution in [3.63, 3.8) is 0 Å². The molecule has 0 saturated carbocycles. The van der Waals surface area contributed by atoms with E-state index in [0.717, 1.165) is 5.56 Å². The average Bonchev–Trinajstić information content (AvgIpc) is 2.47. The van der Waals surface area contributed by atoms with E-state index in [0.29, 0.717) is 11.8 Å². The molecule has 4 nitrogen and oxygen atoms in total. The van der Waals surface area contributed by atoms with Gasteiger partial charge >= 0.3 is 0 Å². The number of rotatable bonds is 4. The minimum absolute atomic E-state index is 0.124. The van der Waals surface area contributed by atoms with Crippen molar-refractivity contribution in [3.8, 4) is 0 Å². The molecule has 0 radical (unpaired) electrons. The number of nitrogens with two attached hydrogens (primary N) is 1. The second-order valence-corrected chi connectivity index (χ2v) is 2.67. The highest BCUT2D eigenvalue weighted by molar-refractivity contribution is 6.29. The van der Waals surface area contributed by atoms with E-state index in [1.54, 1.807) is 13.2 Å². The highest BCUT2D eigenvalue weighted by atomic mass is 35.5.